The Morgan fingerprint density at radius 3 is 3.00 bits per heavy atom. The summed E-state index contributed by atoms with van der Waals surface area (Å²) in [7, 11) is 0. The molecule has 3 rings (SSSR count). The topological polar surface area (TPSA) is 42.2 Å². The molecule has 100 valence electrons. The molecule has 1 aromatic heterocycles. The number of fused-ring (bicyclic) bond motifs is 1. The summed E-state index contributed by atoms with van der Waals surface area (Å²) in [5, 5.41) is 2.32. The molecular formula is C15H18BrN3. The van der Waals surface area contributed by atoms with Crippen molar-refractivity contribution in [3.8, 4) is 0 Å². The Hall–Kier alpha value is -1.29. The van der Waals surface area contributed by atoms with Crippen molar-refractivity contribution < 1.29 is 0 Å². The van der Waals surface area contributed by atoms with E-state index in [9.17, 15) is 0 Å². The van der Waals surface area contributed by atoms with Crippen LogP contribution in [0.5, 0.6) is 0 Å². The van der Waals surface area contributed by atoms with Crippen molar-refractivity contribution in [2.75, 3.05) is 23.7 Å². The molecule has 0 radical (unpaired) electrons. The van der Waals surface area contributed by atoms with Crippen molar-refractivity contribution >= 4 is 38.2 Å². The van der Waals surface area contributed by atoms with Crippen LogP contribution in [-0.4, -0.2) is 18.1 Å². The Kier molecular flexibility index (Phi) is 3.35. The average Bonchev–Trinajstić information content (AvgIpc) is 2.39. The maximum atomic E-state index is 5.94. The van der Waals surface area contributed by atoms with Crippen LogP contribution < -0.4 is 10.6 Å². The molecule has 1 aromatic carbocycles. The smallest absolute Gasteiger partial charge is 0.136 e. The maximum Gasteiger partial charge on any atom is 0.136 e. The van der Waals surface area contributed by atoms with E-state index in [1.54, 1.807) is 0 Å². The largest absolute Gasteiger partial charge is 0.399 e. The molecule has 1 aliphatic rings. The number of nitrogens with zero attached hydrogens (tertiary/aromatic N) is 2. The molecule has 1 unspecified atom stereocenters. The fourth-order valence-corrected chi connectivity index (χ4v) is 3.29. The standard InChI is InChI=1S/C15H18BrN3/c1-10-3-2-6-19(9-10)15-13-7-11(17)4-5-12(13)14(16)8-18-15/h4-5,7-8,10H,2-3,6,9,17H2,1H3. The fourth-order valence-electron chi connectivity index (χ4n) is 2.85. The number of hydrogen-bond acceptors (Lipinski definition) is 3. The Balaban J connectivity index is 2.12. The van der Waals surface area contributed by atoms with Crippen molar-refractivity contribution in [3.05, 3.63) is 28.9 Å². The number of pyridine rings is 1. The number of piperidine rings is 1. The summed E-state index contributed by atoms with van der Waals surface area (Å²) in [5.74, 6) is 1.80. The molecule has 19 heavy (non-hydrogen) atoms. The predicted molar refractivity (Wildman–Crippen MR) is 84.5 cm³/mol. The van der Waals surface area contributed by atoms with Gasteiger partial charge in [-0.05, 0) is 46.8 Å². The van der Waals surface area contributed by atoms with Crippen LogP contribution in [0.15, 0.2) is 28.9 Å². The molecule has 0 aliphatic carbocycles. The Labute approximate surface area is 121 Å². The summed E-state index contributed by atoms with van der Waals surface area (Å²) in [6.45, 7) is 4.48. The van der Waals surface area contributed by atoms with E-state index in [4.69, 9.17) is 5.73 Å². The zero-order chi connectivity index (χ0) is 13.4. The van der Waals surface area contributed by atoms with Crippen LogP contribution in [0.25, 0.3) is 10.8 Å². The van der Waals surface area contributed by atoms with Crippen LogP contribution in [0.3, 0.4) is 0 Å². The number of nitrogens with two attached hydrogens (primary N) is 1. The lowest BCUT2D eigenvalue weighted by molar-refractivity contribution is 0.445. The van der Waals surface area contributed by atoms with Gasteiger partial charge in [0.05, 0.1) is 0 Å². The van der Waals surface area contributed by atoms with E-state index >= 15 is 0 Å². The average molecular weight is 320 g/mol. The van der Waals surface area contributed by atoms with Crippen LogP contribution in [-0.2, 0) is 0 Å². The summed E-state index contributed by atoms with van der Waals surface area (Å²) in [6, 6.07) is 6.03. The van der Waals surface area contributed by atoms with Crippen molar-refractivity contribution in [2.24, 2.45) is 5.92 Å². The summed E-state index contributed by atoms with van der Waals surface area (Å²) in [4.78, 5) is 7.02. The molecule has 2 aromatic rings. The Morgan fingerprint density at radius 1 is 1.37 bits per heavy atom. The predicted octanol–water partition coefficient (Wildman–Crippen LogP) is 3.82. The lowest BCUT2D eigenvalue weighted by atomic mass is 9.99. The summed E-state index contributed by atoms with van der Waals surface area (Å²) in [6.07, 6.45) is 4.45. The first-order valence-electron chi connectivity index (χ1n) is 6.74. The van der Waals surface area contributed by atoms with Gasteiger partial charge in [-0.3, -0.25) is 0 Å². The van der Waals surface area contributed by atoms with Crippen LogP contribution >= 0.6 is 15.9 Å². The monoisotopic (exact) mass is 319 g/mol. The van der Waals surface area contributed by atoms with Gasteiger partial charge in [-0.25, -0.2) is 4.98 Å². The lowest BCUT2D eigenvalue weighted by Gasteiger charge is -2.32. The van der Waals surface area contributed by atoms with E-state index in [1.165, 1.54) is 18.2 Å². The van der Waals surface area contributed by atoms with Gasteiger partial charge < -0.3 is 10.6 Å². The summed E-state index contributed by atoms with van der Waals surface area (Å²) >= 11 is 3.57. The van der Waals surface area contributed by atoms with Gasteiger partial charge in [0.25, 0.3) is 0 Å². The van der Waals surface area contributed by atoms with Gasteiger partial charge in [0, 0.05) is 40.2 Å². The quantitative estimate of drug-likeness (QED) is 0.812. The van der Waals surface area contributed by atoms with Gasteiger partial charge in [0.15, 0.2) is 0 Å². The van der Waals surface area contributed by atoms with Crippen molar-refractivity contribution in [3.63, 3.8) is 0 Å². The third kappa shape index (κ3) is 2.41. The molecule has 2 heterocycles. The van der Waals surface area contributed by atoms with Crippen LogP contribution in [0.2, 0.25) is 0 Å². The first-order chi connectivity index (χ1) is 9.15. The molecule has 0 spiro atoms. The molecular weight excluding hydrogens is 302 g/mol. The molecule has 1 aliphatic heterocycles. The van der Waals surface area contributed by atoms with Gasteiger partial charge in [0.1, 0.15) is 5.82 Å². The minimum absolute atomic E-state index is 0.732. The van der Waals surface area contributed by atoms with E-state index in [1.807, 2.05) is 18.3 Å². The number of nitrogen functional groups attached to an aromatic ring is 1. The highest BCUT2D eigenvalue weighted by Gasteiger charge is 2.20. The van der Waals surface area contributed by atoms with E-state index in [2.05, 4.69) is 38.8 Å². The minimum atomic E-state index is 0.732. The highest BCUT2D eigenvalue weighted by atomic mass is 79.9. The number of benzene rings is 1. The third-order valence-corrected chi connectivity index (χ3v) is 4.43. The highest BCUT2D eigenvalue weighted by molar-refractivity contribution is 9.10. The maximum absolute atomic E-state index is 5.94. The SMILES string of the molecule is CC1CCCN(c2ncc(Br)c3ccc(N)cc23)C1. The highest BCUT2D eigenvalue weighted by Crippen LogP contribution is 2.33. The Morgan fingerprint density at radius 2 is 2.21 bits per heavy atom. The lowest BCUT2D eigenvalue weighted by Crippen LogP contribution is -2.34. The number of halogens is 1. The zero-order valence-corrected chi connectivity index (χ0v) is 12.7. The van der Waals surface area contributed by atoms with E-state index in [-0.39, 0.29) is 0 Å². The van der Waals surface area contributed by atoms with E-state index in [0.717, 1.165) is 40.4 Å². The second-order valence-electron chi connectivity index (χ2n) is 5.43. The third-order valence-electron chi connectivity index (χ3n) is 3.80. The minimum Gasteiger partial charge on any atom is -0.399 e. The van der Waals surface area contributed by atoms with Crippen LogP contribution in [0, 0.1) is 5.92 Å². The fraction of sp³-hybridized carbons (Fsp3) is 0.400. The molecule has 0 amide bonds. The Bertz CT molecular complexity index is 612. The summed E-state index contributed by atoms with van der Waals surface area (Å²) in [5.41, 5.74) is 6.73. The molecule has 0 saturated carbocycles. The van der Waals surface area contributed by atoms with E-state index < -0.39 is 0 Å². The van der Waals surface area contributed by atoms with Gasteiger partial charge in [0.2, 0.25) is 0 Å². The van der Waals surface area contributed by atoms with Crippen LogP contribution in [0.1, 0.15) is 19.8 Å². The first kappa shape index (κ1) is 12.7. The molecule has 1 fully saturated rings. The number of anilines is 2. The van der Waals surface area contributed by atoms with Crippen LogP contribution in [0.4, 0.5) is 11.5 Å². The van der Waals surface area contributed by atoms with Crippen molar-refractivity contribution in [1.82, 2.24) is 4.98 Å². The molecule has 4 heteroatoms. The van der Waals surface area contributed by atoms with E-state index in [0.29, 0.717) is 0 Å². The molecule has 1 atom stereocenters. The second kappa shape index (κ2) is 5.00. The molecule has 3 nitrogen and oxygen atoms in total. The number of aromatic nitrogens is 1. The van der Waals surface area contributed by atoms with Crippen molar-refractivity contribution in [1.29, 1.82) is 0 Å². The van der Waals surface area contributed by atoms with Crippen molar-refractivity contribution in [2.45, 2.75) is 19.8 Å². The molecule has 2 N–H and O–H groups in total. The molecule has 1 saturated heterocycles. The first-order valence-corrected chi connectivity index (χ1v) is 7.53. The normalized spacial score (nSPS) is 19.9. The number of rotatable bonds is 1. The number of hydrogen-bond donors (Lipinski definition) is 1. The molecule has 0 bridgehead atoms. The summed E-state index contributed by atoms with van der Waals surface area (Å²) < 4.78 is 1.02. The van der Waals surface area contributed by atoms with Gasteiger partial charge >= 0.3 is 0 Å². The second-order valence-corrected chi connectivity index (χ2v) is 6.28. The van der Waals surface area contributed by atoms with Gasteiger partial charge in [-0.2, -0.15) is 0 Å². The van der Waals surface area contributed by atoms with Gasteiger partial charge in [-0.1, -0.05) is 13.0 Å². The zero-order valence-electron chi connectivity index (χ0n) is 11.1. The van der Waals surface area contributed by atoms with Gasteiger partial charge in [-0.15, -0.1) is 0 Å².